The number of hydrogen-bond acceptors (Lipinski definition) is 3. The molecule has 5 rings (SSSR count). The summed E-state index contributed by atoms with van der Waals surface area (Å²) in [6.45, 7) is 2.07. The zero-order chi connectivity index (χ0) is 18.4. The second kappa shape index (κ2) is 6.18. The third kappa shape index (κ3) is 2.66. The Kier molecular flexibility index (Phi) is 3.66. The Hall–Kier alpha value is -3.24. The van der Waals surface area contributed by atoms with Crippen LogP contribution in [-0.2, 0) is 0 Å². The average Bonchev–Trinajstić information content (AvgIpc) is 3.14. The summed E-state index contributed by atoms with van der Waals surface area (Å²) in [4.78, 5) is 4.89. The fraction of sp³-hybridized carbons (Fsp3) is 0.0455. The molecule has 3 aromatic carbocycles. The van der Waals surface area contributed by atoms with Gasteiger partial charge in [-0.15, -0.1) is 10.2 Å². The van der Waals surface area contributed by atoms with Crippen molar-refractivity contribution in [1.82, 2.24) is 19.6 Å². The van der Waals surface area contributed by atoms with Crippen molar-refractivity contribution in [2.24, 2.45) is 0 Å². The van der Waals surface area contributed by atoms with Gasteiger partial charge in [0.05, 0.1) is 11.0 Å². The van der Waals surface area contributed by atoms with Gasteiger partial charge in [0.15, 0.2) is 11.5 Å². The van der Waals surface area contributed by atoms with E-state index in [1.54, 1.807) is 0 Å². The van der Waals surface area contributed by atoms with E-state index in [0.29, 0.717) is 5.02 Å². The van der Waals surface area contributed by atoms with Crippen LogP contribution in [0.25, 0.3) is 39.3 Å². The van der Waals surface area contributed by atoms with Gasteiger partial charge >= 0.3 is 0 Å². The van der Waals surface area contributed by atoms with Gasteiger partial charge in [-0.25, -0.2) is 4.98 Å². The maximum atomic E-state index is 6.21. The normalized spacial score (nSPS) is 11.3. The molecule has 130 valence electrons. The number of aromatic nitrogens is 4. The molecule has 5 heteroatoms. The quantitative estimate of drug-likeness (QED) is 0.407. The zero-order valence-corrected chi connectivity index (χ0v) is 15.4. The predicted molar refractivity (Wildman–Crippen MR) is 109 cm³/mol. The van der Waals surface area contributed by atoms with E-state index in [1.165, 1.54) is 0 Å². The smallest absolute Gasteiger partial charge is 0.188 e. The number of hydrogen-bond donors (Lipinski definition) is 0. The molecule has 0 atom stereocenters. The van der Waals surface area contributed by atoms with Crippen molar-refractivity contribution in [2.45, 2.75) is 6.92 Å². The fourth-order valence-corrected chi connectivity index (χ4v) is 3.54. The molecule has 0 aliphatic carbocycles. The van der Waals surface area contributed by atoms with Crippen molar-refractivity contribution in [2.75, 3.05) is 0 Å². The van der Waals surface area contributed by atoms with Crippen molar-refractivity contribution >= 4 is 28.3 Å². The molecule has 0 radical (unpaired) electrons. The topological polar surface area (TPSA) is 43.1 Å². The molecular weight excluding hydrogens is 356 g/mol. The molecule has 4 nitrogen and oxygen atoms in total. The molecule has 0 aliphatic rings. The summed E-state index contributed by atoms with van der Waals surface area (Å²) in [5.74, 6) is 0.752. The lowest BCUT2D eigenvalue weighted by molar-refractivity contribution is 1.12. The molecule has 2 aromatic heterocycles. The number of aryl methyl sites for hydroxylation is 1. The first kappa shape index (κ1) is 16.0. The van der Waals surface area contributed by atoms with Crippen molar-refractivity contribution in [3.05, 3.63) is 83.4 Å². The lowest BCUT2D eigenvalue weighted by atomic mass is 10.1. The summed E-state index contributed by atoms with van der Waals surface area (Å²) >= 11 is 6.21. The third-order valence-corrected chi connectivity index (χ3v) is 4.84. The monoisotopic (exact) mass is 370 g/mol. The zero-order valence-electron chi connectivity index (χ0n) is 14.6. The van der Waals surface area contributed by atoms with E-state index >= 15 is 0 Å². The van der Waals surface area contributed by atoms with Gasteiger partial charge in [-0.2, -0.15) is 0 Å². The summed E-state index contributed by atoms with van der Waals surface area (Å²) in [6.07, 6.45) is 0. The average molecular weight is 371 g/mol. The van der Waals surface area contributed by atoms with Gasteiger partial charge in [-0.1, -0.05) is 60.1 Å². The van der Waals surface area contributed by atoms with Crippen LogP contribution < -0.4 is 0 Å². The SMILES string of the molecule is Cc1ccc2nc(-c3ccccc3)c3nnc(-c4cccc(Cl)c4)n3c2c1. The number of rotatable bonds is 2. The second-order valence-corrected chi connectivity index (χ2v) is 6.95. The number of nitrogens with zero attached hydrogens (tertiary/aromatic N) is 4. The van der Waals surface area contributed by atoms with Crippen LogP contribution in [0.15, 0.2) is 72.8 Å². The molecule has 5 aromatic rings. The van der Waals surface area contributed by atoms with Crippen LogP contribution in [-0.4, -0.2) is 19.6 Å². The Morgan fingerprint density at radius 2 is 1.63 bits per heavy atom. The Labute approximate surface area is 161 Å². The Balaban J connectivity index is 1.93. The van der Waals surface area contributed by atoms with E-state index in [-0.39, 0.29) is 0 Å². The standard InChI is InChI=1S/C22H15ClN4/c1-14-10-11-18-19(12-14)27-21(16-8-5-9-17(23)13-16)25-26-22(27)20(24-18)15-6-3-2-4-7-15/h2-13H,1H3. The minimum atomic E-state index is 0.669. The summed E-state index contributed by atoms with van der Waals surface area (Å²) < 4.78 is 2.07. The van der Waals surface area contributed by atoms with E-state index in [0.717, 1.165) is 44.9 Å². The summed E-state index contributed by atoms with van der Waals surface area (Å²) in [5.41, 5.74) is 6.50. The van der Waals surface area contributed by atoms with Crippen molar-refractivity contribution in [1.29, 1.82) is 0 Å². The highest BCUT2D eigenvalue weighted by Crippen LogP contribution is 2.30. The maximum Gasteiger partial charge on any atom is 0.188 e. The Morgan fingerprint density at radius 1 is 0.815 bits per heavy atom. The van der Waals surface area contributed by atoms with Gasteiger partial charge < -0.3 is 0 Å². The van der Waals surface area contributed by atoms with Gasteiger partial charge in [-0.05, 0) is 36.8 Å². The Bertz CT molecular complexity index is 1290. The van der Waals surface area contributed by atoms with E-state index in [1.807, 2.05) is 60.7 Å². The molecule has 0 amide bonds. The van der Waals surface area contributed by atoms with Gasteiger partial charge in [0.2, 0.25) is 0 Å². The van der Waals surface area contributed by atoms with Gasteiger partial charge in [-0.3, -0.25) is 4.40 Å². The van der Waals surface area contributed by atoms with Crippen molar-refractivity contribution < 1.29 is 0 Å². The van der Waals surface area contributed by atoms with Crippen molar-refractivity contribution in [3.8, 4) is 22.6 Å². The number of fused-ring (bicyclic) bond motifs is 3. The van der Waals surface area contributed by atoms with Gasteiger partial charge in [0.1, 0.15) is 5.69 Å². The Morgan fingerprint density at radius 3 is 2.44 bits per heavy atom. The highest BCUT2D eigenvalue weighted by atomic mass is 35.5. The fourth-order valence-electron chi connectivity index (χ4n) is 3.35. The second-order valence-electron chi connectivity index (χ2n) is 6.51. The van der Waals surface area contributed by atoms with E-state index in [4.69, 9.17) is 16.6 Å². The van der Waals surface area contributed by atoms with E-state index in [9.17, 15) is 0 Å². The molecule has 0 fully saturated rings. The van der Waals surface area contributed by atoms with Gasteiger partial charge in [0.25, 0.3) is 0 Å². The molecule has 0 N–H and O–H groups in total. The van der Waals surface area contributed by atoms with Gasteiger partial charge in [0, 0.05) is 16.1 Å². The number of benzene rings is 3. The van der Waals surface area contributed by atoms with Crippen LogP contribution in [0.5, 0.6) is 0 Å². The predicted octanol–water partition coefficient (Wildman–Crippen LogP) is 5.57. The summed E-state index contributed by atoms with van der Waals surface area (Å²) in [5, 5.41) is 9.64. The van der Waals surface area contributed by atoms with E-state index < -0.39 is 0 Å². The van der Waals surface area contributed by atoms with Crippen LogP contribution in [0.4, 0.5) is 0 Å². The number of halogens is 1. The minimum Gasteiger partial charge on any atom is -0.271 e. The molecule has 0 saturated carbocycles. The first-order chi connectivity index (χ1) is 13.2. The van der Waals surface area contributed by atoms with Crippen LogP contribution in [0.1, 0.15) is 5.56 Å². The first-order valence-electron chi connectivity index (χ1n) is 8.67. The van der Waals surface area contributed by atoms with E-state index in [2.05, 4.69) is 33.7 Å². The minimum absolute atomic E-state index is 0.669. The molecule has 0 spiro atoms. The summed E-state index contributed by atoms with van der Waals surface area (Å²) in [7, 11) is 0. The highest BCUT2D eigenvalue weighted by Gasteiger charge is 2.17. The molecule has 0 saturated heterocycles. The lowest BCUT2D eigenvalue weighted by Crippen LogP contribution is -1.98. The van der Waals surface area contributed by atoms with Crippen LogP contribution >= 0.6 is 11.6 Å². The van der Waals surface area contributed by atoms with Crippen LogP contribution in [0, 0.1) is 6.92 Å². The molecule has 0 unspecified atom stereocenters. The lowest BCUT2D eigenvalue weighted by Gasteiger charge is -2.10. The molecule has 2 heterocycles. The molecule has 0 aliphatic heterocycles. The van der Waals surface area contributed by atoms with Crippen molar-refractivity contribution in [3.63, 3.8) is 0 Å². The highest BCUT2D eigenvalue weighted by molar-refractivity contribution is 6.30. The largest absolute Gasteiger partial charge is 0.271 e. The molecular formula is C22H15ClN4. The maximum absolute atomic E-state index is 6.21. The molecule has 0 bridgehead atoms. The van der Waals surface area contributed by atoms with Crippen LogP contribution in [0.2, 0.25) is 5.02 Å². The van der Waals surface area contributed by atoms with Crippen LogP contribution in [0.3, 0.4) is 0 Å². The third-order valence-electron chi connectivity index (χ3n) is 4.61. The first-order valence-corrected chi connectivity index (χ1v) is 9.05. The summed E-state index contributed by atoms with van der Waals surface area (Å²) in [6, 6.07) is 24.0. The molecule has 27 heavy (non-hydrogen) atoms.